The summed E-state index contributed by atoms with van der Waals surface area (Å²) in [6.07, 6.45) is 3.55. The van der Waals surface area contributed by atoms with Gasteiger partial charge in [0.1, 0.15) is 23.0 Å². The van der Waals surface area contributed by atoms with Crippen molar-refractivity contribution in [1.29, 1.82) is 0 Å². The fourth-order valence-electron chi connectivity index (χ4n) is 4.85. The number of allylic oxidation sites excluding steroid dienone is 1. The Kier molecular flexibility index (Phi) is 7.25. The van der Waals surface area contributed by atoms with E-state index in [1.165, 1.54) is 30.9 Å². The summed E-state index contributed by atoms with van der Waals surface area (Å²) in [5, 5.41) is 1.09. The number of halogens is 6. The predicted octanol–water partition coefficient (Wildman–Crippen LogP) is 8.92. The number of benzene rings is 3. The molecule has 3 aromatic carbocycles. The summed E-state index contributed by atoms with van der Waals surface area (Å²) in [5.41, 5.74) is -1.12. The molecule has 182 valence electrons. The topological polar surface area (TPSA) is 0 Å². The van der Waals surface area contributed by atoms with Crippen LogP contribution in [0.5, 0.6) is 0 Å². The molecule has 0 unspecified atom stereocenters. The smallest absolute Gasteiger partial charge is 0.206 e. The lowest BCUT2D eigenvalue weighted by Gasteiger charge is -2.28. The molecule has 0 heterocycles. The standard InChI is InChI=1S/C29H24F6/c1-2-3-4-18-5-8-20(9-6-18)22-13-14-24-23(17-22)12-11-21(28(24)32)10-7-19-15-25(30)27(26(31)16-19)29(33,34)35/h2,11-18,20H,1,3-6,8-9H2. The minimum atomic E-state index is -5.16. The van der Waals surface area contributed by atoms with E-state index in [1.54, 1.807) is 12.1 Å². The maximum atomic E-state index is 15.1. The van der Waals surface area contributed by atoms with Crippen molar-refractivity contribution in [3.8, 4) is 11.8 Å². The number of hydrogen-bond acceptors (Lipinski definition) is 0. The highest BCUT2D eigenvalue weighted by Gasteiger charge is 2.37. The lowest BCUT2D eigenvalue weighted by Crippen LogP contribution is -2.13. The van der Waals surface area contributed by atoms with E-state index >= 15 is 4.39 Å². The molecule has 0 bridgehead atoms. The van der Waals surface area contributed by atoms with Crippen LogP contribution in [0.1, 0.15) is 66.7 Å². The molecule has 1 fully saturated rings. The molecule has 1 aliphatic rings. The molecule has 0 N–H and O–H groups in total. The fourth-order valence-corrected chi connectivity index (χ4v) is 4.85. The van der Waals surface area contributed by atoms with Crippen LogP contribution in [-0.4, -0.2) is 0 Å². The summed E-state index contributed by atoms with van der Waals surface area (Å²) in [5.74, 6) is 1.92. The van der Waals surface area contributed by atoms with Gasteiger partial charge in [-0.15, -0.1) is 6.58 Å². The second kappa shape index (κ2) is 10.2. The zero-order chi connectivity index (χ0) is 25.2. The van der Waals surface area contributed by atoms with Gasteiger partial charge < -0.3 is 0 Å². The van der Waals surface area contributed by atoms with Gasteiger partial charge in [-0.3, -0.25) is 0 Å². The van der Waals surface area contributed by atoms with E-state index in [-0.39, 0.29) is 11.1 Å². The molecule has 0 saturated heterocycles. The molecule has 1 aliphatic carbocycles. The van der Waals surface area contributed by atoms with Crippen LogP contribution in [0.25, 0.3) is 10.8 Å². The first kappa shape index (κ1) is 24.9. The molecule has 0 nitrogen and oxygen atoms in total. The van der Waals surface area contributed by atoms with E-state index in [2.05, 4.69) is 18.4 Å². The number of fused-ring (bicyclic) bond motifs is 1. The average molecular weight is 486 g/mol. The van der Waals surface area contributed by atoms with E-state index in [0.29, 0.717) is 23.4 Å². The van der Waals surface area contributed by atoms with E-state index in [1.807, 2.05) is 18.2 Å². The predicted molar refractivity (Wildman–Crippen MR) is 125 cm³/mol. The quantitative estimate of drug-likeness (QED) is 0.196. The molecule has 0 atom stereocenters. The monoisotopic (exact) mass is 486 g/mol. The van der Waals surface area contributed by atoms with E-state index < -0.39 is 29.2 Å². The Bertz CT molecular complexity index is 1280. The van der Waals surface area contributed by atoms with Crippen LogP contribution in [0, 0.1) is 35.2 Å². The number of rotatable bonds is 4. The Hall–Kier alpha value is -3.20. The summed E-state index contributed by atoms with van der Waals surface area (Å²) < 4.78 is 80.9. The summed E-state index contributed by atoms with van der Waals surface area (Å²) in [6.45, 7) is 3.79. The maximum absolute atomic E-state index is 15.1. The molecule has 35 heavy (non-hydrogen) atoms. The molecule has 1 saturated carbocycles. The van der Waals surface area contributed by atoms with Crippen molar-refractivity contribution in [2.24, 2.45) is 5.92 Å². The highest BCUT2D eigenvalue weighted by molar-refractivity contribution is 5.85. The first-order chi connectivity index (χ1) is 16.7. The third-order valence-electron chi connectivity index (χ3n) is 6.74. The lowest BCUT2D eigenvalue weighted by atomic mass is 9.77. The van der Waals surface area contributed by atoms with Crippen LogP contribution in [-0.2, 0) is 6.18 Å². The van der Waals surface area contributed by atoms with Crippen molar-refractivity contribution < 1.29 is 26.3 Å². The Labute approximate surface area is 200 Å². The second-order valence-corrected chi connectivity index (χ2v) is 9.05. The molecule has 6 heteroatoms. The van der Waals surface area contributed by atoms with Crippen LogP contribution in [0.15, 0.2) is 55.1 Å². The van der Waals surface area contributed by atoms with Crippen molar-refractivity contribution in [2.75, 3.05) is 0 Å². The molecule has 0 spiro atoms. The molecule has 0 aromatic heterocycles. The van der Waals surface area contributed by atoms with Crippen molar-refractivity contribution in [1.82, 2.24) is 0 Å². The Morgan fingerprint density at radius 3 is 2.20 bits per heavy atom. The van der Waals surface area contributed by atoms with Gasteiger partial charge in [0.25, 0.3) is 0 Å². The van der Waals surface area contributed by atoms with Gasteiger partial charge in [-0.1, -0.05) is 42.2 Å². The number of hydrogen-bond donors (Lipinski definition) is 0. The first-order valence-electron chi connectivity index (χ1n) is 11.6. The van der Waals surface area contributed by atoms with Crippen molar-refractivity contribution in [3.63, 3.8) is 0 Å². The van der Waals surface area contributed by atoms with Gasteiger partial charge in [0.05, 0.1) is 5.56 Å². The third-order valence-corrected chi connectivity index (χ3v) is 6.74. The molecule has 4 rings (SSSR count). The van der Waals surface area contributed by atoms with Gasteiger partial charge in [0, 0.05) is 10.9 Å². The summed E-state index contributed by atoms with van der Waals surface area (Å²) in [7, 11) is 0. The van der Waals surface area contributed by atoms with Gasteiger partial charge >= 0.3 is 6.18 Å². The lowest BCUT2D eigenvalue weighted by molar-refractivity contribution is -0.142. The van der Waals surface area contributed by atoms with Crippen LogP contribution < -0.4 is 0 Å². The maximum Gasteiger partial charge on any atom is 0.422 e. The summed E-state index contributed by atoms with van der Waals surface area (Å²) >= 11 is 0. The Morgan fingerprint density at radius 1 is 0.886 bits per heavy atom. The SMILES string of the molecule is C=CCCC1CCC(c2ccc3c(F)c(C#Cc4cc(F)c(C(F)(F)F)c(F)c4)ccc3c2)CC1. The highest BCUT2D eigenvalue weighted by Crippen LogP contribution is 2.39. The van der Waals surface area contributed by atoms with Gasteiger partial charge in [0.15, 0.2) is 0 Å². The van der Waals surface area contributed by atoms with Crippen LogP contribution >= 0.6 is 0 Å². The molecule has 3 aromatic rings. The fraction of sp³-hybridized carbons (Fsp3) is 0.310. The van der Waals surface area contributed by atoms with Crippen molar-refractivity contribution >= 4 is 10.8 Å². The molecule has 0 radical (unpaired) electrons. The van der Waals surface area contributed by atoms with E-state index in [0.717, 1.165) is 30.6 Å². The first-order valence-corrected chi connectivity index (χ1v) is 11.6. The Balaban J connectivity index is 1.55. The molecule has 0 amide bonds. The minimum absolute atomic E-state index is 0.00584. The van der Waals surface area contributed by atoms with Crippen molar-refractivity contribution in [2.45, 2.75) is 50.6 Å². The largest absolute Gasteiger partial charge is 0.422 e. The van der Waals surface area contributed by atoms with Crippen LogP contribution in [0.4, 0.5) is 26.3 Å². The Morgan fingerprint density at radius 2 is 1.57 bits per heavy atom. The van der Waals surface area contributed by atoms with Crippen molar-refractivity contribution in [3.05, 3.63) is 94.8 Å². The minimum Gasteiger partial charge on any atom is -0.206 e. The zero-order valence-electron chi connectivity index (χ0n) is 19.0. The normalized spacial score (nSPS) is 18.2. The van der Waals surface area contributed by atoms with Gasteiger partial charge in [-0.2, -0.15) is 13.2 Å². The van der Waals surface area contributed by atoms with Gasteiger partial charge in [-0.05, 0) is 79.5 Å². The van der Waals surface area contributed by atoms with Gasteiger partial charge in [-0.25, -0.2) is 13.2 Å². The van der Waals surface area contributed by atoms with Crippen LogP contribution in [0.2, 0.25) is 0 Å². The highest BCUT2D eigenvalue weighted by atomic mass is 19.4. The average Bonchev–Trinajstić information content (AvgIpc) is 2.81. The van der Waals surface area contributed by atoms with E-state index in [4.69, 9.17) is 0 Å². The van der Waals surface area contributed by atoms with E-state index in [9.17, 15) is 22.0 Å². The number of alkyl halides is 3. The summed E-state index contributed by atoms with van der Waals surface area (Å²) in [6, 6.07) is 9.83. The van der Waals surface area contributed by atoms with Crippen LogP contribution in [0.3, 0.4) is 0 Å². The van der Waals surface area contributed by atoms with Gasteiger partial charge in [0.2, 0.25) is 0 Å². The molecular formula is C29H24F6. The molecular weight excluding hydrogens is 462 g/mol. The molecule has 0 aliphatic heterocycles. The second-order valence-electron chi connectivity index (χ2n) is 9.05. The third kappa shape index (κ3) is 5.56. The zero-order valence-corrected chi connectivity index (χ0v) is 19.0. The summed E-state index contributed by atoms with van der Waals surface area (Å²) in [4.78, 5) is 0.